The average Bonchev–Trinajstić information content (AvgIpc) is 3.25. The van der Waals surface area contributed by atoms with Crippen molar-refractivity contribution in [1.82, 2.24) is 4.98 Å². The number of pyridine rings is 1. The van der Waals surface area contributed by atoms with Crippen LogP contribution in [0.3, 0.4) is 0 Å². The summed E-state index contributed by atoms with van der Waals surface area (Å²) in [7, 11) is 0. The largest absolute Gasteiger partial charge is 0.375 e. The monoisotopic (exact) mass is 442 g/mol. The standard InChI is InChI=1S/C20H15BrN2O3S/c21-14-5-6-17-16(9-14)20(26,10-18(24)13-3-1-7-22-11-13)19(25)23(17)12-15-4-2-8-27-15/h1-9,11,26H,10,12H2/t20-/m1/s1. The fourth-order valence-corrected chi connectivity index (χ4v) is 4.32. The topological polar surface area (TPSA) is 70.5 Å². The summed E-state index contributed by atoms with van der Waals surface area (Å²) in [4.78, 5) is 32.4. The zero-order valence-electron chi connectivity index (χ0n) is 14.1. The highest BCUT2D eigenvalue weighted by atomic mass is 79.9. The molecule has 1 aliphatic rings. The van der Waals surface area contributed by atoms with Gasteiger partial charge < -0.3 is 10.0 Å². The summed E-state index contributed by atoms with van der Waals surface area (Å²) in [6.45, 7) is 0.356. The van der Waals surface area contributed by atoms with Gasteiger partial charge in [-0.2, -0.15) is 0 Å². The summed E-state index contributed by atoms with van der Waals surface area (Å²) in [5, 5.41) is 13.3. The van der Waals surface area contributed by atoms with Crippen LogP contribution in [0.25, 0.3) is 0 Å². The summed E-state index contributed by atoms with van der Waals surface area (Å²) in [6.07, 6.45) is 2.68. The number of rotatable bonds is 5. The van der Waals surface area contributed by atoms with Gasteiger partial charge in [0.05, 0.1) is 18.7 Å². The van der Waals surface area contributed by atoms with E-state index in [1.807, 2.05) is 23.6 Å². The first-order chi connectivity index (χ1) is 13.0. The average molecular weight is 443 g/mol. The van der Waals surface area contributed by atoms with Gasteiger partial charge in [0.25, 0.3) is 5.91 Å². The van der Waals surface area contributed by atoms with Gasteiger partial charge in [-0.3, -0.25) is 14.6 Å². The lowest BCUT2D eigenvalue weighted by molar-refractivity contribution is -0.136. The van der Waals surface area contributed by atoms with Crippen LogP contribution in [-0.4, -0.2) is 21.8 Å². The van der Waals surface area contributed by atoms with Crippen LogP contribution in [-0.2, 0) is 16.9 Å². The van der Waals surface area contributed by atoms with Crippen molar-refractivity contribution in [1.29, 1.82) is 0 Å². The van der Waals surface area contributed by atoms with E-state index in [1.54, 1.807) is 46.7 Å². The van der Waals surface area contributed by atoms with Crippen LogP contribution in [0.2, 0.25) is 0 Å². The number of fused-ring (bicyclic) bond motifs is 1. The second-order valence-corrected chi connectivity index (χ2v) is 8.28. The molecule has 0 radical (unpaired) electrons. The Labute approximate surface area is 168 Å². The lowest BCUT2D eigenvalue weighted by Gasteiger charge is -2.22. The normalized spacial score (nSPS) is 18.6. The van der Waals surface area contributed by atoms with Crippen molar-refractivity contribution in [3.63, 3.8) is 0 Å². The molecule has 0 spiro atoms. The molecule has 1 atom stereocenters. The van der Waals surface area contributed by atoms with E-state index in [0.29, 0.717) is 23.4 Å². The van der Waals surface area contributed by atoms with Gasteiger partial charge in [-0.25, -0.2) is 0 Å². The molecule has 4 rings (SSSR count). The second kappa shape index (κ2) is 6.99. The Kier molecular flexibility index (Phi) is 4.67. The summed E-state index contributed by atoms with van der Waals surface area (Å²) >= 11 is 4.93. The van der Waals surface area contributed by atoms with Crippen LogP contribution in [0.1, 0.15) is 27.2 Å². The predicted octanol–water partition coefficient (Wildman–Crippen LogP) is 3.91. The summed E-state index contributed by atoms with van der Waals surface area (Å²) in [5.41, 5.74) is -0.468. The first kappa shape index (κ1) is 18.0. The van der Waals surface area contributed by atoms with Crippen molar-refractivity contribution in [2.75, 3.05) is 4.90 Å². The Morgan fingerprint density at radius 3 is 2.81 bits per heavy atom. The first-order valence-electron chi connectivity index (χ1n) is 8.29. The Hall–Kier alpha value is -2.35. The van der Waals surface area contributed by atoms with Gasteiger partial charge in [0.1, 0.15) is 0 Å². The number of aliphatic hydroxyl groups is 1. The minimum absolute atomic E-state index is 0.331. The number of hydrogen-bond acceptors (Lipinski definition) is 5. The zero-order valence-corrected chi connectivity index (χ0v) is 16.5. The van der Waals surface area contributed by atoms with Crippen molar-refractivity contribution >= 4 is 44.6 Å². The van der Waals surface area contributed by atoms with Crippen LogP contribution in [0.15, 0.2) is 64.7 Å². The molecule has 0 aliphatic carbocycles. The van der Waals surface area contributed by atoms with Gasteiger partial charge >= 0.3 is 0 Å². The number of halogens is 1. The molecule has 1 aromatic carbocycles. The van der Waals surface area contributed by atoms with E-state index in [2.05, 4.69) is 20.9 Å². The number of thiophene rings is 1. The molecular formula is C20H15BrN2O3S. The maximum Gasteiger partial charge on any atom is 0.264 e. The number of benzene rings is 1. The fourth-order valence-electron chi connectivity index (χ4n) is 3.27. The van der Waals surface area contributed by atoms with Crippen LogP contribution < -0.4 is 4.90 Å². The number of Topliss-reactive ketones (excluding diaryl/α,β-unsaturated/α-hetero) is 1. The van der Waals surface area contributed by atoms with Crippen molar-refractivity contribution in [3.8, 4) is 0 Å². The molecule has 0 saturated heterocycles. The quantitative estimate of drug-likeness (QED) is 0.607. The molecule has 3 aromatic rings. The minimum atomic E-state index is -1.90. The van der Waals surface area contributed by atoms with E-state index in [0.717, 1.165) is 9.35 Å². The van der Waals surface area contributed by atoms with E-state index in [-0.39, 0.29) is 12.2 Å². The molecular weight excluding hydrogens is 428 g/mol. The van der Waals surface area contributed by atoms with Crippen molar-refractivity contribution in [3.05, 3.63) is 80.7 Å². The van der Waals surface area contributed by atoms with E-state index in [4.69, 9.17) is 0 Å². The van der Waals surface area contributed by atoms with Crippen molar-refractivity contribution in [2.24, 2.45) is 0 Å². The zero-order chi connectivity index (χ0) is 19.0. The molecule has 3 heterocycles. The molecule has 1 aliphatic heterocycles. The Bertz CT molecular complexity index is 1010. The molecule has 0 unspecified atom stereocenters. The Balaban J connectivity index is 1.73. The molecule has 27 heavy (non-hydrogen) atoms. The smallest absolute Gasteiger partial charge is 0.264 e. The number of hydrogen-bond donors (Lipinski definition) is 1. The number of nitrogens with zero attached hydrogens (tertiary/aromatic N) is 2. The van der Waals surface area contributed by atoms with Gasteiger partial charge in [0.15, 0.2) is 11.4 Å². The number of ketones is 1. The molecule has 2 aromatic heterocycles. The fraction of sp³-hybridized carbons (Fsp3) is 0.150. The minimum Gasteiger partial charge on any atom is -0.375 e. The highest BCUT2D eigenvalue weighted by molar-refractivity contribution is 9.10. The second-order valence-electron chi connectivity index (χ2n) is 6.33. The summed E-state index contributed by atoms with van der Waals surface area (Å²) in [6, 6.07) is 12.5. The summed E-state index contributed by atoms with van der Waals surface area (Å²) in [5.74, 6) is -0.816. The van der Waals surface area contributed by atoms with Crippen LogP contribution in [0.4, 0.5) is 5.69 Å². The maximum atomic E-state index is 13.2. The van der Waals surface area contributed by atoms with Crippen LogP contribution in [0, 0.1) is 0 Å². The SMILES string of the molecule is O=C(C[C@]1(O)C(=O)N(Cc2cccs2)c2ccc(Br)cc21)c1cccnc1. The third kappa shape index (κ3) is 3.22. The lowest BCUT2D eigenvalue weighted by Crippen LogP contribution is -2.41. The van der Waals surface area contributed by atoms with E-state index >= 15 is 0 Å². The predicted molar refractivity (Wildman–Crippen MR) is 107 cm³/mol. The van der Waals surface area contributed by atoms with Crippen molar-refractivity contribution < 1.29 is 14.7 Å². The number of carbonyl (C=O) groups excluding carboxylic acids is 2. The van der Waals surface area contributed by atoms with Gasteiger partial charge in [-0.05, 0) is 41.8 Å². The van der Waals surface area contributed by atoms with Crippen LogP contribution in [0.5, 0.6) is 0 Å². The first-order valence-corrected chi connectivity index (χ1v) is 9.96. The van der Waals surface area contributed by atoms with Crippen LogP contribution >= 0.6 is 27.3 Å². The third-order valence-electron chi connectivity index (χ3n) is 4.59. The number of carbonyl (C=O) groups is 2. The molecule has 0 bridgehead atoms. The van der Waals surface area contributed by atoms with Crippen molar-refractivity contribution in [2.45, 2.75) is 18.6 Å². The third-order valence-corrected chi connectivity index (χ3v) is 5.94. The number of anilines is 1. The van der Waals surface area contributed by atoms with Gasteiger partial charge in [-0.15, -0.1) is 11.3 Å². The molecule has 0 saturated carbocycles. The van der Waals surface area contributed by atoms with Gasteiger partial charge in [0, 0.05) is 32.9 Å². The molecule has 1 N–H and O–H groups in total. The number of amides is 1. The van der Waals surface area contributed by atoms with Gasteiger partial charge in [-0.1, -0.05) is 22.0 Å². The molecule has 5 nitrogen and oxygen atoms in total. The van der Waals surface area contributed by atoms with E-state index in [1.165, 1.54) is 6.20 Å². The molecule has 136 valence electrons. The highest BCUT2D eigenvalue weighted by Crippen LogP contribution is 2.45. The molecule has 1 amide bonds. The van der Waals surface area contributed by atoms with Gasteiger partial charge in [0.2, 0.25) is 0 Å². The Morgan fingerprint density at radius 2 is 2.11 bits per heavy atom. The maximum absolute atomic E-state index is 13.2. The number of aromatic nitrogens is 1. The summed E-state index contributed by atoms with van der Waals surface area (Å²) < 4.78 is 0.735. The highest BCUT2D eigenvalue weighted by Gasteiger charge is 2.51. The lowest BCUT2D eigenvalue weighted by atomic mass is 9.88. The Morgan fingerprint density at radius 1 is 1.26 bits per heavy atom. The van der Waals surface area contributed by atoms with E-state index < -0.39 is 11.5 Å². The molecule has 7 heteroatoms. The van der Waals surface area contributed by atoms with E-state index in [9.17, 15) is 14.7 Å². The molecule has 0 fully saturated rings.